The van der Waals surface area contributed by atoms with Gasteiger partial charge in [-0.15, -0.1) is 0 Å². The zero-order chi connectivity index (χ0) is 19.3. The molecule has 1 aliphatic carbocycles. The third-order valence-corrected chi connectivity index (χ3v) is 5.70. The van der Waals surface area contributed by atoms with Crippen molar-refractivity contribution in [3.8, 4) is 0 Å². The Balaban J connectivity index is 1.51. The normalized spacial score (nSPS) is 18.5. The van der Waals surface area contributed by atoms with Gasteiger partial charge in [0, 0.05) is 23.6 Å². The van der Waals surface area contributed by atoms with Crippen molar-refractivity contribution in [1.29, 1.82) is 0 Å². The monoisotopic (exact) mass is 373 g/mol. The minimum Gasteiger partial charge on any atom is -0.337 e. The number of nitrogens with zero attached hydrogens (tertiary/aromatic N) is 3. The van der Waals surface area contributed by atoms with Crippen LogP contribution in [-0.4, -0.2) is 16.0 Å². The molecule has 5 rings (SSSR count). The Morgan fingerprint density at radius 1 is 1.11 bits per heavy atom. The van der Waals surface area contributed by atoms with Gasteiger partial charge in [0.1, 0.15) is 6.04 Å². The lowest BCUT2D eigenvalue weighted by Gasteiger charge is -2.23. The summed E-state index contributed by atoms with van der Waals surface area (Å²) in [7, 11) is 0. The lowest BCUT2D eigenvalue weighted by atomic mass is 10.0. The molecule has 0 radical (unpaired) electrons. The summed E-state index contributed by atoms with van der Waals surface area (Å²) < 4.78 is 5.59. The van der Waals surface area contributed by atoms with Gasteiger partial charge in [0.25, 0.3) is 5.91 Å². The van der Waals surface area contributed by atoms with E-state index < -0.39 is 0 Å². The fourth-order valence-electron chi connectivity index (χ4n) is 3.87. The van der Waals surface area contributed by atoms with Gasteiger partial charge < -0.3 is 4.52 Å². The smallest absolute Gasteiger partial charge is 0.259 e. The Labute approximate surface area is 164 Å². The molecule has 0 saturated heterocycles. The predicted molar refractivity (Wildman–Crippen MR) is 107 cm³/mol. The summed E-state index contributed by atoms with van der Waals surface area (Å²) in [6, 6.07) is 15.7. The molecule has 2 aliphatic rings. The largest absolute Gasteiger partial charge is 0.337 e. The molecule has 1 unspecified atom stereocenters. The number of hydrogen-bond donors (Lipinski definition) is 0. The molecule has 1 saturated carbocycles. The summed E-state index contributed by atoms with van der Waals surface area (Å²) in [4.78, 5) is 19.9. The lowest BCUT2D eigenvalue weighted by Crippen LogP contribution is -2.32. The molecule has 1 fully saturated rings. The first kappa shape index (κ1) is 17.2. The molecular formula is C23H23N3O2. The number of hydrogen-bond acceptors (Lipinski definition) is 4. The van der Waals surface area contributed by atoms with Crippen LogP contribution < -0.4 is 4.90 Å². The molecule has 0 spiro atoms. The second-order valence-electron chi connectivity index (χ2n) is 8.07. The Hall–Kier alpha value is -2.95. The van der Waals surface area contributed by atoms with Crippen molar-refractivity contribution >= 4 is 11.6 Å². The highest BCUT2D eigenvalue weighted by Gasteiger charge is 2.39. The summed E-state index contributed by atoms with van der Waals surface area (Å²) in [5.74, 6) is 2.14. The van der Waals surface area contributed by atoms with Gasteiger partial charge in [-0.3, -0.25) is 9.69 Å². The van der Waals surface area contributed by atoms with Gasteiger partial charge in [0.2, 0.25) is 5.89 Å². The van der Waals surface area contributed by atoms with Gasteiger partial charge in [-0.2, -0.15) is 4.98 Å². The van der Waals surface area contributed by atoms with Crippen molar-refractivity contribution in [3.63, 3.8) is 0 Å². The SMILES string of the molecule is CC(C)c1ccc(C(=O)N2c3ccccc3CC2c2nc(C3CC3)no2)cc1. The zero-order valence-electron chi connectivity index (χ0n) is 16.1. The van der Waals surface area contributed by atoms with Crippen LogP contribution in [0.5, 0.6) is 0 Å². The van der Waals surface area contributed by atoms with Gasteiger partial charge in [-0.25, -0.2) is 0 Å². The van der Waals surface area contributed by atoms with E-state index >= 15 is 0 Å². The number of carbonyl (C=O) groups is 1. The Morgan fingerprint density at radius 3 is 2.57 bits per heavy atom. The Morgan fingerprint density at radius 2 is 1.86 bits per heavy atom. The second-order valence-corrected chi connectivity index (χ2v) is 8.07. The van der Waals surface area contributed by atoms with E-state index in [-0.39, 0.29) is 11.9 Å². The minimum absolute atomic E-state index is 0.0311. The van der Waals surface area contributed by atoms with Crippen LogP contribution in [0.15, 0.2) is 53.1 Å². The van der Waals surface area contributed by atoms with Gasteiger partial charge in [-0.05, 0) is 48.1 Å². The maximum absolute atomic E-state index is 13.5. The van der Waals surface area contributed by atoms with E-state index in [0.717, 1.165) is 29.9 Å². The van der Waals surface area contributed by atoms with Crippen molar-refractivity contribution in [2.45, 2.75) is 51.0 Å². The van der Waals surface area contributed by atoms with Crippen LogP contribution in [0.25, 0.3) is 0 Å². The fraction of sp³-hybridized carbons (Fsp3) is 0.348. The van der Waals surface area contributed by atoms with Crippen LogP contribution in [0.4, 0.5) is 5.69 Å². The highest BCUT2D eigenvalue weighted by atomic mass is 16.5. The van der Waals surface area contributed by atoms with Crippen molar-refractivity contribution in [2.75, 3.05) is 4.90 Å². The van der Waals surface area contributed by atoms with Crippen LogP contribution in [0.1, 0.15) is 77.8 Å². The average Bonchev–Trinajstić information content (AvgIpc) is 3.32. The van der Waals surface area contributed by atoms with Crippen molar-refractivity contribution in [3.05, 3.63) is 76.9 Å². The predicted octanol–water partition coefficient (Wildman–Crippen LogP) is 5.01. The van der Waals surface area contributed by atoms with Crippen LogP contribution in [0.2, 0.25) is 0 Å². The summed E-state index contributed by atoms with van der Waals surface area (Å²) >= 11 is 0. The third-order valence-electron chi connectivity index (χ3n) is 5.70. The topological polar surface area (TPSA) is 59.2 Å². The number of aromatic nitrogens is 2. The lowest BCUT2D eigenvalue weighted by molar-refractivity contribution is 0.0974. The van der Waals surface area contributed by atoms with E-state index in [0.29, 0.717) is 29.7 Å². The molecule has 142 valence electrons. The number of anilines is 1. The number of rotatable bonds is 4. The molecule has 1 amide bonds. The molecule has 28 heavy (non-hydrogen) atoms. The van der Waals surface area contributed by atoms with Gasteiger partial charge >= 0.3 is 0 Å². The molecule has 1 atom stereocenters. The Kier molecular flexibility index (Phi) is 4.04. The molecule has 3 aromatic rings. The van der Waals surface area contributed by atoms with Crippen molar-refractivity contribution in [1.82, 2.24) is 10.1 Å². The van der Waals surface area contributed by atoms with Crippen LogP contribution >= 0.6 is 0 Å². The van der Waals surface area contributed by atoms with Crippen LogP contribution in [-0.2, 0) is 6.42 Å². The maximum atomic E-state index is 13.5. The summed E-state index contributed by atoms with van der Waals surface area (Å²) in [6.07, 6.45) is 2.93. The number of para-hydroxylation sites is 1. The number of benzene rings is 2. The first-order valence-electron chi connectivity index (χ1n) is 9.96. The molecule has 2 aromatic carbocycles. The first-order valence-corrected chi connectivity index (χ1v) is 9.96. The number of amides is 1. The molecule has 1 aromatic heterocycles. The van der Waals surface area contributed by atoms with Gasteiger partial charge in [-0.1, -0.05) is 49.3 Å². The average molecular weight is 373 g/mol. The molecule has 5 nitrogen and oxygen atoms in total. The zero-order valence-corrected chi connectivity index (χ0v) is 16.1. The van der Waals surface area contributed by atoms with E-state index in [1.54, 1.807) is 0 Å². The molecule has 0 bridgehead atoms. The van der Waals surface area contributed by atoms with Crippen molar-refractivity contribution in [2.24, 2.45) is 0 Å². The summed E-state index contributed by atoms with van der Waals surface area (Å²) in [5, 5.41) is 4.16. The fourth-order valence-corrected chi connectivity index (χ4v) is 3.87. The van der Waals surface area contributed by atoms with E-state index in [9.17, 15) is 4.79 Å². The molecule has 5 heteroatoms. The third kappa shape index (κ3) is 2.91. The standard InChI is InChI=1S/C23H23N3O2/c1-14(2)15-7-11-17(12-8-15)23(27)26-19-6-4-3-5-18(19)13-20(26)22-24-21(25-28-22)16-9-10-16/h3-8,11-12,14,16,20H,9-10,13H2,1-2H3. The van der Waals surface area contributed by atoms with Gasteiger partial charge in [0.05, 0.1) is 0 Å². The van der Waals surface area contributed by atoms with E-state index in [1.807, 2.05) is 47.4 Å². The highest BCUT2D eigenvalue weighted by molar-refractivity contribution is 6.07. The van der Waals surface area contributed by atoms with Gasteiger partial charge in [0.15, 0.2) is 5.82 Å². The number of fused-ring (bicyclic) bond motifs is 1. The summed E-state index contributed by atoms with van der Waals surface area (Å²) in [5.41, 5.74) is 3.95. The quantitative estimate of drug-likeness (QED) is 0.645. The maximum Gasteiger partial charge on any atom is 0.259 e. The van der Waals surface area contributed by atoms with Crippen LogP contribution in [0, 0.1) is 0 Å². The van der Waals surface area contributed by atoms with Crippen molar-refractivity contribution < 1.29 is 9.32 Å². The first-order chi connectivity index (χ1) is 13.6. The number of carbonyl (C=O) groups excluding carboxylic acids is 1. The highest BCUT2D eigenvalue weighted by Crippen LogP contribution is 2.43. The molecule has 2 heterocycles. The summed E-state index contributed by atoms with van der Waals surface area (Å²) in [6.45, 7) is 4.30. The van der Waals surface area contributed by atoms with Crippen LogP contribution in [0.3, 0.4) is 0 Å². The molecule has 0 N–H and O–H groups in total. The molecule has 1 aliphatic heterocycles. The van der Waals surface area contributed by atoms with E-state index in [2.05, 4.69) is 30.1 Å². The molecular weight excluding hydrogens is 350 g/mol. The van der Waals surface area contributed by atoms with E-state index in [1.165, 1.54) is 5.56 Å². The minimum atomic E-state index is -0.255. The second kappa shape index (κ2) is 6.59. The Bertz CT molecular complexity index is 1020. The van der Waals surface area contributed by atoms with E-state index in [4.69, 9.17) is 4.52 Å².